The van der Waals surface area contributed by atoms with E-state index in [2.05, 4.69) is 29.0 Å². The van der Waals surface area contributed by atoms with E-state index in [1.807, 2.05) is 31.2 Å². The molecule has 0 aliphatic carbocycles. The van der Waals surface area contributed by atoms with Gasteiger partial charge in [0, 0.05) is 11.8 Å². The minimum absolute atomic E-state index is 0.228. The molecule has 0 saturated heterocycles. The highest BCUT2D eigenvalue weighted by atomic mass is 14.9. The largest absolute Gasteiger partial charge is 0.240 e. The van der Waals surface area contributed by atoms with Crippen molar-refractivity contribution >= 4 is 0 Å². The number of nitrogens with zero attached hydrogens (tertiary/aromatic N) is 3. The highest BCUT2D eigenvalue weighted by Crippen LogP contribution is 2.22. The monoisotopic (exact) mass is 237 g/mol. The number of nitriles is 1. The van der Waals surface area contributed by atoms with E-state index >= 15 is 0 Å². The number of aryl methyl sites for hydroxylation is 1. The molecule has 1 unspecified atom stereocenters. The van der Waals surface area contributed by atoms with Crippen molar-refractivity contribution in [2.24, 2.45) is 0 Å². The van der Waals surface area contributed by atoms with Gasteiger partial charge in [0.2, 0.25) is 0 Å². The second-order valence-corrected chi connectivity index (χ2v) is 4.20. The van der Waals surface area contributed by atoms with Gasteiger partial charge in [0.1, 0.15) is 11.7 Å². The lowest BCUT2D eigenvalue weighted by molar-refractivity contribution is 0.752. The molecule has 0 spiro atoms. The molecule has 0 N–H and O–H groups in total. The Hall–Kier alpha value is -2.21. The summed E-state index contributed by atoms with van der Waals surface area (Å²) in [5.74, 6) is 0.384. The van der Waals surface area contributed by atoms with Gasteiger partial charge >= 0.3 is 0 Å². The predicted octanol–water partition coefficient (Wildman–Crippen LogP) is 3.47. The summed E-state index contributed by atoms with van der Waals surface area (Å²) >= 11 is 0. The fourth-order valence-corrected chi connectivity index (χ4v) is 1.88. The molecule has 1 aromatic heterocycles. The number of aromatic nitrogens is 2. The van der Waals surface area contributed by atoms with Crippen molar-refractivity contribution in [1.29, 1.82) is 5.26 Å². The van der Waals surface area contributed by atoms with Crippen molar-refractivity contribution in [3.05, 3.63) is 47.9 Å². The van der Waals surface area contributed by atoms with Crippen LogP contribution in [0, 0.1) is 18.3 Å². The van der Waals surface area contributed by atoms with E-state index in [9.17, 15) is 0 Å². The standard InChI is InChI=1S/C15H15N3/c1-3-12(10-16)15-17-9-8-14(18-15)13-7-5-4-6-11(13)2/h4-9,12H,3H2,1-2H3. The summed E-state index contributed by atoms with van der Waals surface area (Å²) in [6, 6.07) is 12.2. The molecule has 18 heavy (non-hydrogen) atoms. The molecule has 2 rings (SSSR count). The second-order valence-electron chi connectivity index (χ2n) is 4.20. The molecule has 0 aliphatic rings. The first-order chi connectivity index (χ1) is 8.76. The average Bonchev–Trinajstić information content (AvgIpc) is 2.41. The molecule has 2 aromatic rings. The smallest absolute Gasteiger partial charge is 0.146 e. The molecule has 1 aromatic carbocycles. The first-order valence-electron chi connectivity index (χ1n) is 6.04. The van der Waals surface area contributed by atoms with Crippen molar-refractivity contribution in [1.82, 2.24) is 9.97 Å². The summed E-state index contributed by atoms with van der Waals surface area (Å²) in [7, 11) is 0. The van der Waals surface area contributed by atoms with Gasteiger partial charge < -0.3 is 0 Å². The molecule has 0 fully saturated rings. The normalized spacial score (nSPS) is 11.8. The number of hydrogen-bond acceptors (Lipinski definition) is 3. The first kappa shape index (κ1) is 12.3. The van der Waals surface area contributed by atoms with Gasteiger partial charge in [-0.2, -0.15) is 5.26 Å². The Morgan fingerprint density at radius 1 is 1.28 bits per heavy atom. The molecule has 1 atom stereocenters. The minimum Gasteiger partial charge on any atom is -0.240 e. The van der Waals surface area contributed by atoms with Gasteiger partial charge in [0.25, 0.3) is 0 Å². The van der Waals surface area contributed by atoms with Crippen LogP contribution < -0.4 is 0 Å². The van der Waals surface area contributed by atoms with E-state index in [-0.39, 0.29) is 5.92 Å². The van der Waals surface area contributed by atoms with Crippen LogP contribution in [0.4, 0.5) is 0 Å². The van der Waals surface area contributed by atoms with Crippen molar-refractivity contribution in [2.75, 3.05) is 0 Å². The Balaban J connectivity index is 2.46. The maximum atomic E-state index is 9.07. The molecule has 3 nitrogen and oxygen atoms in total. The van der Waals surface area contributed by atoms with Gasteiger partial charge in [-0.1, -0.05) is 31.2 Å². The van der Waals surface area contributed by atoms with Crippen LogP contribution >= 0.6 is 0 Å². The van der Waals surface area contributed by atoms with Gasteiger partial charge in [-0.15, -0.1) is 0 Å². The van der Waals surface area contributed by atoms with Gasteiger partial charge in [-0.3, -0.25) is 0 Å². The van der Waals surface area contributed by atoms with Crippen molar-refractivity contribution in [3.63, 3.8) is 0 Å². The molecule has 0 saturated carbocycles. The summed E-state index contributed by atoms with van der Waals surface area (Å²) in [5.41, 5.74) is 3.15. The molecule has 0 amide bonds. The first-order valence-corrected chi connectivity index (χ1v) is 6.04. The number of rotatable bonds is 3. The third kappa shape index (κ3) is 2.38. The van der Waals surface area contributed by atoms with E-state index in [0.717, 1.165) is 17.7 Å². The lowest BCUT2D eigenvalue weighted by atomic mass is 10.0. The summed E-state index contributed by atoms with van der Waals surface area (Å²) in [5, 5.41) is 9.07. The van der Waals surface area contributed by atoms with Crippen molar-refractivity contribution < 1.29 is 0 Å². The molecule has 3 heteroatoms. The highest BCUT2D eigenvalue weighted by Gasteiger charge is 2.12. The minimum atomic E-state index is -0.228. The maximum Gasteiger partial charge on any atom is 0.146 e. The Morgan fingerprint density at radius 2 is 2.06 bits per heavy atom. The molecule has 0 aliphatic heterocycles. The quantitative estimate of drug-likeness (QED) is 0.821. The van der Waals surface area contributed by atoms with E-state index in [1.165, 1.54) is 5.56 Å². The van der Waals surface area contributed by atoms with Gasteiger partial charge in [0.05, 0.1) is 11.8 Å². The van der Waals surface area contributed by atoms with Crippen LogP contribution in [0.3, 0.4) is 0 Å². The number of benzene rings is 1. The molecular weight excluding hydrogens is 222 g/mol. The van der Waals surface area contributed by atoms with Gasteiger partial charge in [-0.05, 0) is 25.0 Å². The lowest BCUT2D eigenvalue weighted by Crippen LogP contribution is -2.02. The lowest BCUT2D eigenvalue weighted by Gasteiger charge is -2.08. The van der Waals surface area contributed by atoms with Crippen LogP contribution in [0.2, 0.25) is 0 Å². The Bertz CT molecular complexity index is 584. The zero-order valence-electron chi connectivity index (χ0n) is 10.6. The van der Waals surface area contributed by atoms with Gasteiger partial charge in [0.15, 0.2) is 0 Å². The van der Waals surface area contributed by atoms with Crippen LogP contribution in [0.15, 0.2) is 36.5 Å². The summed E-state index contributed by atoms with van der Waals surface area (Å²) in [6.45, 7) is 4.02. The summed E-state index contributed by atoms with van der Waals surface area (Å²) in [4.78, 5) is 8.72. The average molecular weight is 237 g/mol. The van der Waals surface area contributed by atoms with Crippen LogP contribution in [0.25, 0.3) is 11.3 Å². The van der Waals surface area contributed by atoms with Crippen LogP contribution in [0.1, 0.15) is 30.7 Å². The second kappa shape index (κ2) is 5.42. The Morgan fingerprint density at radius 3 is 2.72 bits per heavy atom. The molecule has 1 heterocycles. The van der Waals surface area contributed by atoms with Gasteiger partial charge in [-0.25, -0.2) is 9.97 Å². The fourth-order valence-electron chi connectivity index (χ4n) is 1.88. The zero-order valence-corrected chi connectivity index (χ0v) is 10.6. The van der Waals surface area contributed by atoms with E-state index < -0.39 is 0 Å². The third-order valence-corrected chi connectivity index (χ3v) is 2.97. The third-order valence-electron chi connectivity index (χ3n) is 2.97. The van der Waals surface area contributed by atoms with E-state index in [0.29, 0.717) is 5.82 Å². The molecular formula is C15H15N3. The van der Waals surface area contributed by atoms with Crippen LogP contribution in [-0.4, -0.2) is 9.97 Å². The summed E-state index contributed by atoms with van der Waals surface area (Å²) in [6.07, 6.45) is 2.46. The Kier molecular flexibility index (Phi) is 3.69. The topological polar surface area (TPSA) is 49.6 Å². The van der Waals surface area contributed by atoms with Crippen LogP contribution in [-0.2, 0) is 0 Å². The highest BCUT2D eigenvalue weighted by molar-refractivity contribution is 5.62. The van der Waals surface area contributed by atoms with E-state index in [4.69, 9.17) is 5.26 Å². The summed E-state index contributed by atoms with van der Waals surface area (Å²) < 4.78 is 0. The fraction of sp³-hybridized carbons (Fsp3) is 0.267. The SMILES string of the molecule is CCC(C#N)c1nccc(-c2ccccc2C)n1. The molecule has 0 bridgehead atoms. The number of hydrogen-bond donors (Lipinski definition) is 0. The molecule has 0 radical (unpaired) electrons. The van der Waals surface area contributed by atoms with E-state index in [1.54, 1.807) is 6.20 Å². The zero-order chi connectivity index (χ0) is 13.0. The van der Waals surface area contributed by atoms with Crippen molar-refractivity contribution in [3.8, 4) is 17.3 Å². The van der Waals surface area contributed by atoms with Crippen molar-refractivity contribution in [2.45, 2.75) is 26.2 Å². The Labute approximate surface area is 107 Å². The molecule has 90 valence electrons. The maximum absolute atomic E-state index is 9.07. The van der Waals surface area contributed by atoms with Crippen LogP contribution in [0.5, 0.6) is 0 Å². The predicted molar refractivity (Wildman–Crippen MR) is 70.9 cm³/mol.